The summed E-state index contributed by atoms with van der Waals surface area (Å²) in [7, 11) is 0. The zero-order valence-corrected chi connectivity index (χ0v) is 11.8. The van der Waals surface area contributed by atoms with Crippen molar-refractivity contribution in [3.8, 4) is 0 Å². The molecule has 5 nitrogen and oxygen atoms in total. The molecule has 0 aliphatic rings. The highest BCUT2D eigenvalue weighted by molar-refractivity contribution is 7.18. The Kier molecular flexibility index (Phi) is 2.94. The van der Waals surface area contributed by atoms with Crippen molar-refractivity contribution in [1.82, 2.24) is 15.0 Å². The Labute approximate surface area is 114 Å². The number of fused-ring (bicyclic) bond motifs is 1. The fourth-order valence-electron chi connectivity index (χ4n) is 1.96. The van der Waals surface area contributed by atoms with Gasteiger partial charge in [-0.3, -0.25) is 0 Å². The number of thiophene rings is 1. The van der Waals surface area contributed by atoms with E-state index in [2.05, 4.69) is 34.1 Å². The Bertz CT molecular complexity index is 731. The fraction of sp³-hybridized carbons (Fsp3) is 0.308. The third kappa shape index (κ3) is 2.19. The average Bonchev–Trinajstić information content (AvgIpc) is 2.93. The minimum atomic E-state index is 0.522. The van der Waals surface area contributed by atoms with Gasteiger partial charge in [-0.25, -0.2) is 15.0 Å². The van der Waals surface area contributed by atoms with Crippen molar-refractivity contribution in [2.24, 2.45) is 0 Å². The summed E-state index contributed by atoms with van der Waals surface area (Å²) in [5, 5.41) is 4.36. The first-order chi connectivity index (χ1) is 9.15. The molecule has 3 heterocycles. The van der Waals surface area contributed by atoms with E-state index in [4.69, 9.17) is 4.42 Å². The van der Waals surface area contributed by atoms with Crippen LogP contribution in [0.15, 0.2) is 16.9 Å². The van der Waals surface area contributed by atoms with E-state index in [1.54, 1.807) is 23.9 Å². The molecular weight excluding hydrogens is 260 g/mol. The number of aromatic nitrogens is 3. The fourth-order valence-corrected chi connectivity index (χ4v) is 2.96. The van der Waals surface area contributed by atoms with E-state index in [0.717, 1.165) is 21.8 Å². The molecular formula is C13H14N4OS. The Balaban J connectivity index is 1.92. The molecule has 19 heavy (non-hydrogen) atoms. The van der Waals surface area contributed by atoms with E-state index in [1.165, 1.54) is 10.4 Å². The van der Waals surface area contributed by atoms with Crippen molar-refractivity contribution < 1.29 is 4.42 Å². The SMILES string of the molecule is Cc1cnc(CNc2ncnc3sc(C)c(C)c23)o1. The molecule has 0 aliphatic heterocycles. The molecule has 3 aromatic rings. The van der Waals surface area contributed by atoms with Gasteiger partial charge in [-0.05, 0) is 26.3 Å². The summed E-state index contributed by atoms with van der Waals surface area (Å²) in [6.45, 7) is 6.60. The molecule has 0 saturated heterocycles. The molecule has 3 aromatic heterocycles. The third-order valence-electron chi connectivity index (χ3n) is 3.04. The van der Waals surface area contributed by atoms with Gasteiger partial charge in [0.05, 0.1) is 18.1 Å². The minimum absolute atomic E-state index is 0.522. The average molecular weight is 274 g/mol. The number of anilines is 1. The first-order valence-electron chi connectivity index (χ1n) is 6.01. The molecule has 0 fully saturated rings. The summed E-state index contributed by atoms with van der Waals surface area (Å²) in [5.41, 5.74) is 1.23. The maximum atomic E-state index is 5.44. The molecule has 0 radical (unpaired) electrons. The normalized spacial score (nSPS) is 11.1. The molecule has 0 spiro atoms. The lowest BCUT2D eigenvalue weighted by Crippen LogP contribution is -2.02. The summed E-state index contributed by atoms with van der Waals surface area (Å²) in [6, 6.07) is 0. The zero-order valence-electron chi connectivity index (χ0n) is 11.0. The van der Waals surface area contributed by atoms with Crippen LogP contribution in [0.25, 0.3) is 10.2 Å². The molecule has 0 atom stereocenters. The number of nitrogens with zero attached hydrogens (tertiary/aromatic N) is 3. The second-order valence-electron chi connectivity index (χ2n) is 4.40. The van der Waals surface area contributed by atoms with Crippen LogP contribution in [-0.2, 0) is 6.54 Å². The molecule has 3 rings (SSSR count). The van der Waals surface area contributed by atoms with Gasteiger partial charge in [0.15, 0.2) is 0 Å². The van der Waals surface area contributed by atoms with Crippen LogP contribution in [0.1, 0.15) is 22.1 Å². The standard InChI is InChI=1S/C13H14N4OS/c1-7-4-14-10(18-7)5-15-12-11-8(2)9(3)19-13(11)17-6-16-12/h4,6H,5H2,1-3H3,(H,15,16,17). The van der Waals surface area contributed by atoms with Crippen LogP contribution in [0.3, 0.4) is 0 Å². The maximum Gasteiger partial charge on any atom is 0.213 e. The summed E-state index contributed by atoms with van der Waals surface area (Å²) in [4.78, 5) is 15.1. The van der Waals surface area contributed by atoms with E-state index in [0.29, 0.717) is 12.4 Å². The largest absolute Gasteiger partial charge is 0.444 e. The van der Waals surface area contributed by atoms with Gasteiger partial charge in [0, 0.05) is 4.88 Å². The van der Waals surface area contributed by atoms with E-state index >= 15 is 0 Å². The smallest absolute Gasteiger partial charge is 0.213 e. The molecule has 0 bridgehead atoms. The van der Waals surface area contributed by atoms with Gasteiger partial charge < -0.3 is 9.73 Å². The van der Waals surface area contributed by atoms with Gasteiger partial charge in [-0.15, -0.1) is 11.3 Å². The van der Waals surface area contributed by atoms with Crippen LogP contribution in [0, 0.1) is 20.8 Å². The zero-order chi connectivity index (χ0) is 13.4. The lowest BCUT2D eigenvalue weighted by atomic mass is 10.2. The van der Waals surface area contributed by atoms with Crippen molar-refractivity contribution in [1.29, 1.82) is 0 Å². The van der Waals surface area contributed by atoms with Gasteiger partial charge in [0.2, 0.25) is 5.89 Å². The molecule has 0 aliphatic carbocycles. The number of oxazole rings is 1. The summed E-state index contributed by atoms with van der Waals surface area (Å²) < 4.78 is 5.44. The second-order valence-corrected chi connectivity index (χ2v) is 5.61. The number of nitrogens with one attached hydrogen (secondary N) is 1. The maximum absolute atomic E-state index is 5.44. The number of rotatable bonds is 3. The van der Waals surface area contributed by atoms with Crippen molar-refractivity contribution in [2.75, 3.05) is 5.32 Å². The summed E-state index contributed by atoms with van der Waals surface area (Å²) in [5.74, 6) is 2.31. The molecule has 1 N–H and O–H groups in total. The molecule has 0 unspecified atom stereocenters. The van der Waals surface area contributed by atoms with Gasteiger partial charge in [-0.1, -0.05) is 0 Å². The molecule has 0 aromatic carbocycles. The first-order valence-corrected chi connectivity index (χ1v) is 6.82. The Hall–Kier alpha value is -1.95. The summed E-state index contributed by atoms with van der Waals surface area (Å²) in [6.07, 6.45) is 3.30. The lowest BCUT2D eigenvalue weighted by Gasteiger charge is -2.04. The number of hydrogen-bond donors (Lipinski definition) is 1. The van der Waals surface area contributed by atoms with Gasteiger partial charge >= 0.3 is 0 Å². The number of hydrogen-bond acceptors (Lipinski definition) is 6. The second kappa shape index (κ2) is 4.62. The van der Waals surface area contributed by atoms with E-state index < -0.39 is 0 Å². The van der Waals surface area contributed by atoms with Crippen molar-refractivity contribution in [2.45, 2.75) is 27.3 Å². The lowest BCUT2D eigenvalue weighted by molar-refractivity contribution is 0.479. The highest BCUT2D eigenvalue weighted by Gasteiger charge is 2.12. The van der Waals surface area contributed by atoms with Crippen molar-refractivity contribution >= 4 is 27.4 Å². The topological polar surface area (TPSA) is 63.8 Å². The van der Waals surface area contributed by atoms with Crippen LogP contribution in [0.2, 0.25) is 0 Å². The van der Waals surface area contributed by atoms with Crippen LogP contribution in [-0.4, -0.2) is 15.0 Å². The molecule has 98 valence electrons. The van der Waals surface area contributed by atoms with Gasteiger partial charge in [-0.2, -0.15) is 0 Å². The van der Waals surface area contributed by atoms with Crippen molar-refractivity contribution in [3.63, 3.8) is 0 Å². The van der Waals surface area contributed by atoms with Crippen LogP contribution < -0.4 is 5.32 Å². The summed E-state index contributed by atoms with van der Waals surface area (Å²) >= 11 is 1.69. The molecule has 0 amide bonds. The van der Waals surface area contributed by atoms with Crippen LogP contribution in [0.4, 0.5) is 5.82 Å². The van der Waals surface area contributed by atoms with E-state index in [9.17, 15) is 0 Å². The predicted octanol–water partition coefficient (Wildman–Crippen LogP) is 3.22. The number of aryl methyl sites for hydroxylation is 3. The van der Waals surface area contributed by atoms with Crippen molar-refractivity contribution in [3.05, 3.63) is 34.6 Å². The Morgan fingerprint density at radius 2 is 2.05 bits per heavy atom. The highest BCUT2D eigenvalue weighted by atomic mass is 32.1. The van der Waals surface area contributed by atoms with Crippen LogP contribution >= 0.6 is 11.3 Å². The Morgan fingerprint density at radius 3 is 2.79 bits per heavy atom. The van der Waals surface area contributed by atoms with Crippen LogP contribution in [0.5, 0.6) is 0 Å². The molecule has 6 heteroatoms. The first kappa shape index (κ1) is 12.1. The quantitative estimate of drug-likeness (QED) is 0.794. The van der Waals surface area contributed by atoms with E-state index in [1.807, 2.05) is 6.92 Å². The minimum Gasteiger partial charge on any atom is -0.444 e. The highest BCUT2D eigenvalue weighted by Crippen LogP contribution is 2.32. The Morgan fingerprint density at radius 1 is 1.21 bits per heavy atom. The predicted molar refractivity (Wildman–Crippen MR) is 75.5 cm³/mol. The monoisotopic (exact) mass is 274 g/mol. The van der Waals surface area contributed by atoms with Gasteiger partial charge in [0.1, 0.15) is 22.7 Å². The molecule has 0 saturated carbocycles. The van der Waals surface area contributed by atoms with E-state index in [-0.39, 0.29) is 0 Å². The third-order valence-corrected chi connectivity index (χ3v) is 4.16. The van der Waals surface area contributed by atoms with Gasteiger partial charge in [0.25, 0.3) is 0 Å².